The second-order valence-electron chi connectivity index (χ2n) is 5.40. The lowest BCUT2D eigenvalue weighted by Crippen LogP contribution is -2.49. The molecule has 2 bridgehead atoms. The number of hydrogen-bond acceptors (Lipinski definition) is 3. The third-order valence-electron chi connectivity index (χ3n) is 4.16. The van der Waals surface area contributed by atoms with E-state index in [2.05, 4.69) is 10.5 Å². The van der Waals surface area contributed by atoms with E-state index in [1.807, 2.05) is 12.1 Å². The van der Waals surface area contributed by atoms with Gasteiger partial charge in [0.1, 0.15) is 5.82 Å². The van der Waals surface area contributed by atoms with Crippen molar-refractivity contribution in [3.63, 3.8) is 0 Å². The fraction of sp³-hybridized carbons (Fsp3) is 0.538. The van der Waals surface area contributed by atoms with Gasteiger partial charge in [-0.15, -0.1) is 0 Å². The molecule has 3 nitrogen and oxygen atoms in total. The molecule has 96 valence electrons. The third kappa shape index (κ3) is 2.07. The maximum atomic E-state index is 13.0. The molecule has 2 fully saturated rings. The van der Waals surface area contributed by atoms with E-state index in [1.165, 1.54) is 12.1 Å². The Bertz CT molecular complexity index is 426. The van der Waals surface area contributed by atoms with E-state index in [-0.39, 0.29) is 11.9 Å². The second-order valence-corrected chi connectivity index (χ2v) is 5.40. The van der Waals surface area contributed by atoms with Gasteiger partial charge in [0, 0.05) is 24.0 Å². The van der Waals surface area contributed by atoms with E-state index in [4.69, 9.17) is 0 Å². The summed E-state index contributed by atoms with van der Waals surface area (Å²) in [6.07, 6.45) is 2.30. The molecule has 0 saturated carbocycles. The Kier molecular flexibility index (Phi) is 3.13. The molecule has 4 atom stereocenters. The first-order chi connectivity index (χ1) is 8.65. The minimum atomic E-state index is -0.515. The highest BCUT2D eigenvalue weighted by Crippen LogP contribution is 2.40. The predicted octanol–water partition coefficient (Wildman–Crippen LogP) is 1.11. The number of nitrogens with one attached hydrogen (secondary N) is 2. The van der Waals surface area contributed by atoms with E-state index in [9.17, 15) is 9.41 Å². The molecule has 18 heavy (non-hydrogen) atoms. The van der Waals surface area contributed by atoms with Crippen molar-refractivity contribution in [1.29, 1.82) is 0 Å². The molecule has 3 N–H and O–H groups in total. The smallest absolute Gasteiger partial charge is 0.373 e. The molecule has 0 radical (unpaired) electrons. The quantitative estimate of drug-likeness (QED) is 0.702. The normalized spacial score (nSPS) is 33.9. The van der Waals surface area contributed by atoms with Crippen LogP contribution in [0.2, 0.25) is 6.82 Å². The van der Waals surface area contributed by atoms with Crippen molar-refractivity contribution in [2.45, 2.75) is 43.7 Å². The van der Waals surface area contributed by atoms with E-state index in [0.717, 1.165) is 18.4 Å². The van der Waals surface area contributed by atoms with Gasteiger partial charge >= 0.3 is 7.05 Å². The van der Waals surface area contributed by atoms with Crippen molar-refractivity contribution in [2.75, 3.05) is 0 Å². The summed E-state index contributed by atoms with van der Waals surface area (Å²) in [6.45, 7) is 1.74. The molecule has 2 aliphatic rings. The highest BCUT2D eigenvalue weighted by molar-refractivity contribution is 6.45. The number of benzene rings is 1. The van der Waals surface area contributed by atoms with E-state index in [0.29, 0.717) is 18.0 Å². The van der Waals surface area contributed by atoms with Gasteiger partial charge in [-0.25, -0.2) is 4.39 Å². The van der Waals surface area contributed by atoms with Crippen molar-refractivity contribution in [2.24, 2.45) is 0 Å². The summed E-state index contributed by atoms with van der Waals surface area (Å²) in [5, 5.41) is 16.4. The summed E-state index contributed by atoms with van der Waals surface area (Å²) in [6, 6.07) is 7.84. The van der Waals surface area contributed by atoms with Crippen LogP contribution in [0.4, 0.5) is 4.39 Å². The fourth-order valence-corrected chi connectivity index (χ4v) is 3.49. The van der Waals surface area contributed by atoms with Gasteiger partial charge in [0.05, 0.1) is 0 Å². The average Bonchev–Trinajstić information content (AvgIpc) is 2.90. The topological polar surface area (TPSA) is 44.3 Å². The second kappa shape index (κ2) is 4.65. The van der Waals surface area contributed by atoms with Gasteiger partial charge in [-0.3, -0.25) is 0 Å². The highest BCUT2D eigenvalue weighted by Gasteiger charge is 2.48. The number of fused-ring (bicyclic) bond motifs is 2. The molecule has 5 heteroatoms. The minimum Gasteiger partial charge on any atom is -0.437 e. The lowest BCUT2D eigenvalue weighted by molar-refractivity contribution is 0.399. The number of hydrogen-bond donors (Lipinski definition) is 3. The van der Waals surface area contributed by atoms with Crippen molar-refractivity contribution >= 4 is 7.05 Å². The maximum Gasteiger partial charge on any atom is 0.373 e. The van der Waals surface area contributed by atoms with Gasteiger partial charge in [0.2, 0.25) is 0 Å². The Balaban J connectivity index is 1.86. The predicted molar refractivity (Wildman–Crippen MR) is 69.8 cm³/mol. The molecule has 0 amide bonds. The fourth-order valence-electron chi connectivity index (χ4n) is 3.49. The molecule has 2 saturated heterocycles. The molecule has 1 aromatic carbocycles. The average molecular weight is 248 g/mol. The van der Waals surface area contributed by atoms with Crippen LogP contribution in [-0.4, -0.2) is 30.2 Å². The molecule has 0 aliphatic carbocycles. The van der Waals surface area contributed by atoms with Crippen LogP contribution in [0.1, 0.15) is 24.3 Å². The van der Waals surface area contributed by atoms with Crippen LogP contribution in [0, 0.1) is 5.82 Å². The van der Waals surface area contributed by atoms with Crippen LogP contribution in [0.25, 0.3) is 0 Å². The van der Waals surface area contributed by atoms with Crippen LogP contribution in [0.5, 0.6) is 0 Å². The highest BCUT2D eigenvalue weighted by atomic mass is 19.1. The van der Waals surface area contributed by atoms with Crippen LogP contribution in [0.15, 0.2) is 24.3 Å². The zero-order valence-electron chi connectivity index (χ0n) is 10.4. The third-order valence-corrected chi connectivity index (χ3v) is 4.16. The maximum absolute atomic E-state index is 13.0. The van der Waals surface area contributed by atoms with Crippen molar-refractivity contribution in [3.05, 3.63) is 35.6 Å². The molecule has 4 unspecified atom stereocenters. The monoisotopic (exact) mass is 248 g/mol. The van der Waals surface area contributed by atoms with Gasteiger partial charge in [0.15, 0.2) is 0 Å². The minimum absolute atomic E-state index is 0.199. The Labute approximate surface area is 107 Å². The van der Waals surface area contributed by atoms with Gasteiger partial charge < -0.3 is 15.6 Å². The molecular weight excluding hydrogens is 230 g/mol. The molecule has 3 rings (SSSR count). The summed E-state index contributed by atoms with van der Waals surface area (Å²) < 4.78 is 13.0. The Morgan fingerprint density at radius 2 is 1.94 bits per heavy atom. The summed E-state index contributed by atoms with van der Waals surface area (Å²) in [7, 11) is -0.515. The van der Waals surface area contributed by atoms with Gasteiger partial charge in [-0.1, -0.05) is 12.1 Å². The zero-order valence-corrected chi connectivity index (χ0v) is 10.4. The number of halogens is 1. The number of rotatable bonds is 3. The molecule has 2 aliphatic heterocycles. The molecular formula is C13H18BFN2O. The SMILES string of the molecule is CB(O)NC1C2CCC(N2)C1c1ccc(F)cc1. The standard InChI is InChI=1S/C13H18BFN2O/c1-14(18)17-13-11-7-6-10(16-11)12(13)8-2-4-9(15)5-3-8/h2-5,10-13,16-18H,6-7H2,1H3. The van der Waals surface area contributed by atoms with Gasteiger partial charge in [0.25, 0.3) is 0 Å². The summed E-state index contributed by atoms with van der Waals surface area (Å²) >= 11 is 0. The van der Waals surface area contributed by atoms with Gasteiger partial charge in [-0.05, 0) is 37.4 Å². The van der Waals surface area contributed by atoms with E-state index < -0.39 is 7.05 Å². The first-order valence-corrected chi connectivity index (χ1v) is 6.61. The van der Waals surface area contributed by atoms with Crippen LogP contribution < -0.4 is 10.5 Å². The molecule has 2 heterocycles. The molecule has 1 aromatic rings. The van der Waals surface area contributed by atoms with Crippen molar-refractivity contribution in [3.8, 4) is 0 Å². The van der Waals surface area contributed by atoms with Crippen molar-refractivity contribution < 1.29 is 9.41 Å². The Morgan fingerprint density at radius 1 is 1.28 bits per heavy atom. The first-order valence-electron chi connectivity index (χ1n) is 6.61. The zero-order chi connectivity index (χ0) is 12.7. The van der Waals surface area contributed by atoms with E-state index >= 15 is 0 Å². The van der Waals surface area contributed by atoms with Crippen LogP contribution >= 0.6 is 0 Å². The summed E-state index contributed by atoms with van der Waals surface area (Å²) in [5.41, 5.74) is 1.15. The first kappa shape index (κ1) is 12.1. The molecule has 0 spiro atoms. The van der Waals surface area contributed by atoms with Gasteiger partial charge in [-0.2, -0.15) is 0 Å². The lowest BCUT2D eigenvalue weighted by Gasteiger charge is -2.31. The summed E-state index contributed by atoms with van der Waals surface area (Å²) in [5.74, 6) is 0.119. The van der Waals surface area contributed by atoms with Crippen LogP contribution in [0.3, 0.4) is 0 Å². The Morgan fingerprint density at radius 3 is 2.61 bits per heavy atom. The molecule has 0 aromatic heterocycles. The Hall–Kier alpha value is -0.905. The van der Waals surface area contributed by atoms with Crippen molar-refractivity contribution in [1.82, 2.24) is 10.5 Å². The largest absolute Gasteiger partial charge is 0.437 e. The summed E-state index contributed by atoms with van der Waals surface area (Å²) in [4.78, 5) is 0. The van der Waals surface area contributed by atoms with E-state index in [1.54, 1.807) is 6.82 Å². The van der Waals surface area contributed by atoms with Crippen LogP contribution in [-0.2, 0) is 0 Å². The lowest BCUT2D eigenvalue weighted by atomic mass is 9.76.